The van der Waals surface area contributed by atoms with Gasteiger partial charge in [0.05, 0.1) is 0 Å². The summed E-state index contributed by atoms with van der Waals surface area (Å²) in [6.45, 7) is -1.01. The number of alkyl halides is 2. The van der Waals surface area contributed by atoms with Crippen LogP contribution in [0.15, 0.2) is 48.5 Å². The lowest BCUT2D eigenvalue weighted by Gasteiger charge is -2.06. The molecular weight excluding hydrogens is 264 g/mol. The predicted octanol–water partition coefficient (Wildman–Crippen LogP) is 3.86. The molecule has 0 atom stereocenters. The first-order valence-electron chi connectivity index (χ1n) is 5.98. The van der Waals surface area contributed by atoms with E-state index in [1.54, 1.807) is 24.3 Å². The van der Waals surface area contributed by atoms with Gasteiger partial charge in [-0.25, -0.2) is 0 Å². The predicted molar refractivity (Wildman–Crippen MR) is 72.7 cm³/mol. The monoisotopic (exact) mass is 277 g/mol. The normalized spacial score (nSPS) is 11.7. The number of aryl methyl sites for hydroxylation is 1. The molecule has 0 N–H and O–H groups in total. The lowest BCUT2D eigenvalue weighted by molar-refractivity contribution is -0.355. The molecular formula is C15H13F2NO2. The van der Waals surface area contributed by atoms with Crippen molar-refractivity contribution in [1.29, 1.82) is 0 Å². The molecule has 5 heteroatoms. The van der Waals surface area contributed by atoms with Crippen molar-refractivity contribution in [2.75, 3.05) is 0 Å². The Morgan fingerprint density at radius 2 is 1.75 bits per heavy atom. The van der Waals surface area contributed by atoms with E-state index in [0.29, 0.717) is 11.3 Å². The molecule has 20 heavy (non-hydrogen) atoms. The summed E-state index contributed by atoms with van der Waals surface area (Å²) in [5.74, 6) is 0.0606. The van der Waals surface area contributed by atoms with Gasteiger partial charge in [-0.15, -0.1) is 0 Å². The fraction of sp³-hybridized carbons (Fsp3) is 0.133. The van der Waals surface area contributed by atoms with Crippen molar-refractivity contribution < 1.29 is 18.3 Å². The molecule has 0 saturated heterocycles. The second-order valence-electron chi connectivity index (χ2n) is 4.19. The Labute approximate surface area is 115 Å². The Hall–Kier alpha value is -2.43. The van der Waals surface area contributed by atoms with Gasteiger partial charge in [-0.05, 0) is 31.2 Å². The van der Waals surface area contributed by atoms with Crippen LogP contribution in [0.25, 0.3) is 0 Å². The molecule has 2 aromatic rings. The topological polar surface area (TPSA) is 35.3 Å². The lowest BCUT2D eigenvalue weighted by atomic mass is 10.2. The van der Waals surface area contributed by atoms with Crippen molar-refractivity contribution in [3.63, 3.8) is 0 Å². The van der Waals surface area contributed by atoms with Crippen LogP contribution in [-0.4, -0.2) is 17.6 Å². The maximum absolute atomic E-state index is 12.0. The van der Waals surface area contributed by atoms with Gasteiger partial charge in [-0.2, -0.15) is 13.5 Å². The van der Waals surface area contributed by atoms with Crippen molar-refractivity contribution in [1.82, 2.24) is 0 Å². The summed E-state index contributed by atoms with van der Waals surface area (Å²) >= 11 is 0. The highest BCUT2D eigenvalue weighted by molar-refractivity contribution is 5.77. The minimum Gasteiger partial charge on any atom is -0.618 e. The molecule has 0 saturated carbocycles. The van der Waals surface area contributed by atoms with Crippen LogP contribution >= 0.6 is 0 Å². The van der Waals surface area contributed by atoms with Crippen molar-refractivity contribution in [2.45, 2.75) is 13.5 Å². The highest BCUT2D eigenvalue weighted by Crippen LogP contribution is 2.17. The summed E-state index contributed by atoms with van der Waals surface area (Å²) in [7, 11) is 0. The van der Waals surface area contributed by atoms with Crippen LogP contribution in [0.2, 0.25) is 0 Å². The van der Waals surface area contributed by atoms with Crippen molar-refractivity contribution >= 4 is 11.9 Å². The number of benzene rings is 2. The Bertz CT molecular complexity index is 610. The Morgan fingerprint density at radius 1 is 1.10 bits per heavy atom. The third-order valence-corrected chi connectivity index (χ3v) is 2.72. The number of para-hydroxylation sites is 1. The molecule has 3 nitrogen and oxygen atoms in total. The Morgan fingerprint density at radius 3 is 2.35 bits per heavy atom. The van der Waals surface area contributed by atoms with E-state index in [-0.39, 0.29) is 5.75 Å². The largest absolute Gasteiger partial charge is 0.618 e. The second kappa shape index (κ2) is 6.14. The van der Waals surface area contributed by atoms with Crippen LogP contribution < -0.4 is 4.74 Å². The summed E-state index contributed by atoms with van der Waals surface area (Å²) in [6, 6.07) is 13.1. The Kier molecular flexibility index (Phi) is 4.30. The fourth-order valence-electron chi connectivity index (χ4n) is 1.75. The maximum Gasteiger partial charge on any atom is 0.387 e. The lowest BCUT2D eigenvalue weighted by Crippen LogP contribution is -2.03. The van der Waals surface area contributed by atoms with Crippen LogP contribution in [0.5, 0.6) is 5.75 Å². The number of nitrogens with zero attached hydrogens (tertiary/aromatic N) is 1. The van der Waals surface area contributed by atoms with E-state index in [1.165, 1.54) is 18.3 Å². The molecule has 0 aliphatic heterocycles. The highest BCUT2D eigenvalue weighted by atomic mass is 19.3. The molecule has 104 valence electrons. The van der Waals surface area contributed by atoms with Gasteiger partial charge in [0.25, 0.3) is 0 Å². The molecule has 0 unspecified atom stereocenters. The molecule has 0 aromatic heterocycles. The Balaban J connectivity index is 2.20. The number of ether oxygens (including phenoxy) is 1. The van der Waals surface area contributed by atoms with E-state index < -0.39 is 6.61 Å². The van der Waals surface area contributed by atoms with E-state index in [1.807, 2.05) is 19.1 Å². The van der Waals surface area contributed by atoms with E-state index in [2.05, 4.69) is 4.74 Å². The van der Waals surface area contributed by atoms with E-state index in [0.717, 1.165) is 10.3 Å². The molecule has 0 aliphatic carbocycles. The number of halogens is 2. The molecule has 0 heterocycles. The van der Waals surface area contributed by atoms with E-state index >= 15 is 0 Å². The first kappa shape index (κ1) is 14.0. The van der Waals surface area contributed by atoms with Crippen molar-refractivity contribution in [2.24, 2.45) is 0 Å². The molecule has 2 aromatic carbocycles. The quantitative estimate of drug-likeness (QED) is 0.368. The molecule has 0 aliphatic rings. The SMILES string of the molecule is Cc1ccccc1/[N+]([O-])=C/c1ccc(OC(F)F)cc1. The van der Waals surface area contributed by atoms with E-state index in [4.69, 9.17) is 0 Å². The van der Waals surface area contributed by atoms with Crippen LogP contribution in [0.4, 0.5) is 14.5 Å². The van der Waals surface area contributed by atoms with Gasteiger partial charge < -0.3 is 9.94 Å². The van der Waals surface area contributed by atoms with Gasteiger partial charge >= 0.3 is 6.61 Å². The zero-order chi connectivity index (χ0) is 14.5. The van der Waals surface area contributed by atoms with Gasteiger partial charge in [-0.3, -0.25) is 0 Å². The molecule has 0 fully saturated rings. The van der Waals surface area contributed by atoms with Crippen LogP contribution in [0, 0.1) is 12.1 Å². The first-order chi connectivity index (χ1) is 9.56. The van der Waals surface area contributed by atoms with Gasteiger partial charge in [0.2, 0.25) is 5.69 Å². The van der Waals surface area contributed by atoms with Gasteiger partial charge in [0.15, 0.2) is 6.21 Å². The van der Waals surface area contributed by atoms with Crippen molar-refractivity contribution in [3.8, 4) is 5.75 Å². The molecule has 0 amide bonds. The van der Waals surface area contributed by atoms with Gasteiger partial charge in [0, 0.05) is 17.2 Å². The summed E-state index contributed by atoms with van der Waals surface area (Å²) < 4.78 is 29.0. The third-order valence-electron chi connectivity index (χ3n) is 2.72. The second-order valence-corrected chi connectivity index (χ2v) is 4.19. The molecule has 0 bridgehead atoms. The van der Waals surface area contributed by atoms with Crippen LogP contribution in [0.1, 0.15) is 11.1 Å². The number of hydrogen-bond donors (Lipinski definition) is 0. The maximum atomic E-state index is 12.0. The number of hydrogen-bond acceptors (Lipinski definition) is 2. The van der Waals surface area contributed by atoms with Gasteiger partial charge in [0.1, 0.15) is 5.75 Å². The minimum absolute atomic E-state index is 0.0606. The highest BCUT2D eigenvalue weighted by Gasteiger charge is 2.06. The first-order valence-corrected chi connectivity index (χ1v) is 5.98. The summed E-state index contributed by atoms with van der Waals surface area (Å²) in [5.41, 5.74) is 2.00. The zero-order valence-electron chi connectivity index (χ0n) is 10.8. The van der Waals surface area contributed by atoms with Crippen LogP contribution in [0.3, 0.4) is 0 Å². The summed E-state index contributed by atoms with van der Waals surface area (Å²) in [6.07, 6.45) is 1.38. The third kappa shape index (κ3) is 3.54. The van der Waals surface area contributed by atoms with Gasteiger partial charge in [-0.1, -0.05) is 18.2 Å². The average Bonchev–Trinajstić information content (AvgIpc) is 2.41. The van der Waals surface area contributed by atoms with E-state index in [9.17, 15) is 14.0 Å². The van der Waals surface area contributed by atoms with Crippen LogP contribution in [-0.2, 0) is 0 Å². The number of rotatable bonds is 4. The summed E-state index contributed by atoms with van der Waals surface area (Å²) in [4.78, 5) is 0. The average molecular weight is 277 g/mol. The minimum atomic E-state index is -2.85. The smallest absolute Gasteiger partial charge is 0.387 e. The standard InChI is InChI=1S/C15H13F2NO2/c1-11-4-2-3-5-14(11)18(19)10-12-6-8-13(9-7-12)20-15(16)17/h2-10,15H,1H3/b18-10-. The molecule has 0 spiro atoms. The molecule has 0 radical (unpaired) electrons. The molecule has 2 rings (SSSR count). The van der Waals surface area contributed by atoms with Crippen molar-refractivity contribution in [3.05, 3.63) is 64.9 Å². The fourth-order valence-corrected chi connectivity index (χ4v) is 1.75. The summed E-state index contributed by atoms with van der Waals surface area (Å²) in [5, 5.41) is 12.0. The zero-order valence-corrected chi connectivity index (χ0v) is 10.8.